The Hall–Kier alpha value is -1.26. The minimum absolute atomic E-state index is 0. The lowest BCUT2D eigenvalue weighted by molar-refractivity contribution is -0.131. The van der Waals surface area contributed by atoms with Gasteiger partial charge in [-0.05, 0) is 37.5 Å². The molecular weight excluding hydrogens is 264 g/mol. The molecule has 1 amide bonds. The lowest BCUT2D eigenvalue weighted by Gasteiger charge is -2.20. The molecule has 0 radical (unpaired) electrons. The highest BCUT2D eigenvalue weighted by atomic mass is 35.5. The number of carbonyl (C=O) groups excluding carboxylic acids is 1. The number of carbonyl (C=O) groups is 1. The molecular formula is C14H23ClN2O2. The van der Waals surface area contributed by atoms with E-state index >= 15 is 0 Å². The molecule has 0 aliphatic rings. The van der Waals surface area contributed by atoms with E-state index in [9.17, 15) is 4.79 Å². The molecule has 0 fully saturated rings. The molecule has 1 atom stereocenters. The maximum absolute atomic E-state index is 11.7. The summed E-state index contributed by atoms with van der Waals surface area (Å²) in [5, 5.41) is 0. The number of likely N-dealkylation sites (N-methyl/N-ethyl adjacent to an activating group) is 1. The van der Waals surface area contributed by atoms with Crippen LogP contribution in [-0.2, 0) is 11.3 Å². The van der Waals surface area contributed by atoms with Crippen LogP contribution in [0.25, 0.3) is 0 Å². The summed E-state index contributed by atoms with van der Waals surface area (Å²) in [4.78, 5) is 13.4. The van der Waals surface area contributed by atoms with E-state index in [0.717, 1.165) is 22.4 Å². The molecule has 0 unspecified atom stereocenters. The molecule has 5 heteroatoms. The topological polar surface area (TPSA) is 55.6 Å². The van der Waals surface area contributed by atoms with Crippen molar-refractivity contribution < 1.29 is 9.53 Å². The van der Waals surface area contributed by atoms with E-state index in [4.69, 9.17) is 10.5 Å². The Labute approximate surface area is 121 Å². The third kappa shape index (κ3) is 4.40. The van der Waals surface area contributed by atoms with Crippen LogP contribution >= 0.6 is 12.4 Å². The Morgan fingerprint density at radius 2 is 1.84 bits per heavy atom. The third-order valence-electron chi connectivity index (χ3n) is 2.91. The highest BCUT2D eigenvalue weighted by Crippen LogP contribution is 2.24. The van der Waals surface area contributed by atoms with E-state index in [2.05, 4.69) is 0 Å². The quantitative estimate of drug-likeness (QED) is 0.921. The molecule has 0 saturated heterocycles. The Morgan fingerprint density at radius 3 is 2.21 bits per heavy atom. The summed E-state index contributed by atoms with van der Waals surface area (Å²) in [7, 11) is 3.43. The number of hydrogen-bond donors (Lipinski definition) is 1. The first-order chi connectivity index (χ1) is 8.36. The molecule has 108 valence electrons. The summed E-state index contributed by atoms with van der Waals surface area (Å²) in [6.07, 6.45) is 0. The number of halogens is 1. The number of nitrogens with zero attached hydrogens (tertiary/aromatic N) is 1. The fourth-order valence-electron chi connectivity index (χ4n) is 2.15. The smallest absolute Gasteiger partial charge is 0.239 e. The predicted octanol–water partition coefficient (Wildman–Crippen LogP) is 2.04. The van der Waals surface area contributed by atoms with Crippen LogP contribution in [0.4, 0.5) is 0 Å². The Kier molecular flexibility index (Phi) is 6.87. The predicted molar refractivity (Wildman–Crippen MR) is 79.8 cm³/mol. The molecule has 19 heavy (non-hydrogen) atoms. The number of ether oxygens (including phenoxy) is 1. The van der Waals surface area contributed by atoms with Gasteiger partial charge in [0.1, 0.15) is 5.75 Å². The molecule has 2 N–H and O–H groups in total. The number of methoxy groups -OCH3 is 1. The molecule has 1 aromatic carbocycles. The molecule has 1 aromatic rings. The van der Waals surface area contributed by atoms with Gasteiger partial charge in [-0.25, -0.2) is 0 Å². The van der Waals surface area contributed by atoms with Gasteiger partial charge in [0.25, 0.3) is 0 Å². The van der Waals surface area contributed by atoms with Gasteiger partial charge in [0.05, 0.1) is 13.2 Å². The highest BCUT2D eigenvalue weighted by Gasteiger charge is 2.14. The lowest BCUT2D eigenvalue weighted by Crippen LogP contribution is -2.39. The summed E-state index contributed by atoms with van der Waals surface area (Å²) < 4.78 is 5.32. The van der Waals surface area contributed by atoms with Crippen molar-refractivity contribution in [1.29, 1.82) is 0 Å². The molecule has 0 saturated carbocycles. The summed E-state index contributed by atoms with van der Waals surface area (Å²) in [5.41, 5.74) is 8.83. The summed E-state index contributed by atoms with van der Waals surface area (Å²) in [5.74, 6) is 0.848. The minimum atomic E-state index is -0.463. The normalized spacial score (nSPS) is 11.5. The van der Waals surface area contributed by atoms with Gasteiger partial charge in [0.15, 0.2) is 0 Å². The number of aryl methyl sites for hydroxylation is 2. The second kappa shape index (κ2) is 7.36. The largest absolute Gasteiger partial charge is 0.496 e. The van der Waals surface area contributed by atoms with Gasteiger partial charge in [-0.1, -0.05) is 12.1 Å². The van der Waals surface area contributed by atoms with E-state index < -0.39 is 6.04 Å². The van der Waals surface area contributed by atoms with Crippen LogP contribution in [-0.4, -0.2) is 31.0 Å². The Balaban J connectivity index is 0.00000324. The number of amides is 1. The zero-order chi connectivity index (χ0) is 13.9. The third-order valence-corrected chi connectivity index (χ3v) is 2.91. The molecule has 0 spiro atoms. The SMILES string of the molecule is COc1c(C)cc(CN(C)C(=O)[C@H](C)N)cc1C.Cl. The summed E-state index contributed by atoms with van der Waals surface area (Å²) in [6.45, 7) is 6.26. The monoisotopic (exact) mass is 286 g/mol. The Bertz CT molecular complexity index is 424. The van der Waals surface area contributed by atoms with Gasteiger partial charge < -0.3 is 15.4 Å². The number of nitrogens with two attached hydrogens (primary N) is 1. The molecule has 0 aliphatic heterocycles. The first kappa shape index (κ1) is 17.7. The molecule has 1 rings (SSSR count). The molecule has 0 bridgehead atoms. The Morgan fingerprint density at radius 1 is 1.37 bits per heavy atom. The molecule has 0 aliphatic carbocycles. The first-order valence-electron chi connectivity index (χ1n) is 6.01. The van der Waals surface area contributed by atoms with Crippen molar-refractivity contribution in [2.24, 2.45) is 5.73 Å². The van der Waals surface area contributed by atoms with Crippen molar-refractivity contribution >= 4 is 18.3 Å². The van der Waals surface area contributed by atoms with Crippen LogP contribution < -0.4 is 10.5 Å². The fraction of sp³-hybridized carbons (Fsp3) is 0.500. The van der Waals surface area contributed by atoms with E-state index in [1.54, 1.807) is 26.0 Å². The average molecular weight is 287 g/mol. The van der Waals surface area contributed by atoms with Crippen LogP contribution in [0.1, 0.15) is 23.6 Å². The maximum Gasteiger partial charge on any atom is 0.239 e. The average Bonchev–Trinajstić information content (AvgIpc) is 2.27. The zero-order valence-electron chi connectivity index (χ0n) is 12.2. The van der Waals surface area contributed by atoms with Crippen LogP contribution in [0, 0.1) is 13.8 Å². The van der Waals surface area contributed by atoms with Crippen LogP contribution in [0.5, 0.6) is 5.75 Å². The van der Waals surface area contributed by atoms with Gasteiger partial charge >= 0.3 is 0 Å². The first-order valence-corrected chi connectivity index (χ1v) is 6.01. The number of benzene rings is 1. The second-order valence-electron chi connectivity index (χ2n) is 4.75. The van der Waals surface area contributed by atoms with E-state index in [1.807, 2.05) is 26.0 Å². The van der Waals surface area contributed by atoms with Crippen LogP contribution in [0.2, 0.25) is 0 Å². The van der Waals surface area contributed by atoms with Crippen molar-refractivity contribution in [2.45, 2.75) is 33.4 Å². The summed E-state index contributed by atoms with van der Waals surface area (Å²) in [6, 6.07) is 3.61. The van der Waals surface area contributed by atoms with Gasteiger partial charge in [-0.2, -0.15) is 0 Å². The number of hydrogen-bond acceptors (Lipinski definition) is 3. The molecule has 4 nitrogen and oxygen atoms in total. The van der Waals surface area contributed by atoms with Gasteiger partial charge in [-0.3, -0.25) is 4.79 Å². The van der Waals surface area contributed by atoms with E-state index in [-0.39, 0.29) is 18.3 Å². The van der Waals surface area contributed by atoms with Gasteiger partial charge in [0, 0.05) is 13.6 Å². The minimum Gasteiger partial charge on any atom is -0.496 e. The summed E-state index contributed by atoms with van der Waals surface area (Å²) >= 11 is 0. The number of rotatable bonds is 4. The fourth-order valence-corrected chi connectivity index (χ4v) is 2.15. The van der Waals surface area contributed by atoms with Crippen molar-refractivity contribution in [1.82, 2.24) is 4.90 Å². The van der Waals surface area contributed by atoms with Gasteiger partial charge in [0.2, 0.25) is 5.91 Å². The van der Waals surface area contributed by atoms with Gasteiger partial charge in [-0.15, -0.1) is 12.4 Å². The van der Waals surface area contributed by atoms with Crippen LogP contribution in [0.15, 0.2) is 12.1 Å². The van der Waals surface area contributed by atoms with Crippen molar-refractivity contribution in [3.8, 4) is 5.75 Å². The highest BCUT2D eigenvalue weighted by molar-refractivity contribution is 5.85. The van der Waals surface area contributed by atoms with Crippen LogP contribution in [0.3, 0.4) is 0 Å². The zero-order valence-corrected chi connectivity index (χ0v) is 13.0. The van der Waals surface area contributed by atoms with Crippen molar-refractivity contribution in [2.75, 3.05) is 14.2 Å². The maximum atomic E-state index is 11.7. The van der Waals surface area contributed by atoms with E-state index in [0.29, 0.717) is 6.54 Å². The van der Waals surface area contributed by atoms with Crippen molar-refractivity contribution in [3.05, 3.63) is 28.8 Å². The van der Waals surface area contributed by atoms with E-state index in [1.165, 1.54) is 0 Å². The second-order valence-corrected chi connectivity index (χ2v) is 4.75. The molecule has 0 heterocycles. The molecule has 0 aromatic heterocycles. The van der Waals surface area contributed by atoms with Crippen molar-refractivity contribution in [3.63, 3.8) is 0 Å². The lowest BCUT2D eigenvalue weighted by atomic mass is 10.1. The standard InChI is InChI=1S/C14H22N2O2.ClH/c1-9-6-12(7-10(2)13(9)18-5)8-16(4)14(17)11(3)15;/h6-7,11H,8,15H2,1-5H3;1H/t11-;/m0./s1.